The third-order valence-electron chi connectivity index (χ3n) is 10.7. The molecule has 3 heteroatoms. The fraction of sp³-hybridized carbons (Fsp3) is 0.824. The fourth-order valence-electron chi connectivity index (χ4n) is 8.96. The molecule has 5 fully saturated rings. The Hall–Kier alpha value is -1.06. The molecule has 37 heavy (non-hydrogen) atoms. The van der Waals surface area contributed by atoms with Crippen LogP contribution in [0.2, 0.25) is 0 Å². The quantitative estimate of drug-likeness (QED) is 0.337. The Morgan fingerprint density at radius 2 is 1.59 bits per heavy atom. The molecule has 0 aromatic heterocycles. The van der Waals surface area contributed by atoms with Gasteiger partial charge in [-0.05, 0) is 85.3 Å². The van der Waals surface area contributed by atoms with Gasteiger partial charge in [0.25, 0.3) is 0 Å². The second-order valence-electron chi connectivity index (χ2n) is 13.9. The minimum atomic E-state index is -0.171. The number of rotatable bonds is 9. The van der Waals surface area contributed by atoms with Crippen molar-refractivity contribution in [3.05, 3.63) is 29.8 Å². The molecular formula is C34H55NO2. The van der Waals surface area contributed by atoms with E-state index in [1.807, 2.05) is 0 Å². The number of fused-ring (bicyclic) bond motifs is 5. The van der Waals surface area contributed by atoms with E-state index in [1.165, 1.54) is 76.2 Å². The molecule has 6 rings (SSSR count). The summed E-state index contributed by atoms with van der Waals surface area (Å²) >= 11 is 0. The first-order valence-electron chi connectivity index (χ1n) is 16.1. The van der Waals surface area contributed by atoms with E-state index in [0.29, 0.717) is 29.7 Å². The zero-order chi connectivity index (χ0) is 26.0. The second kappa shape index (κ2) is 12.0. The van der Waals surface area contributed by atoms with Gasteiger partial charge in [-0.1, -0.05) is 91.7 Å². The lowest BCUT2D eigenvalue weighted by Crippen LogP contribution is -2.68. The first-order chi connectivity index (χ1) is 17.9. The number of ether oxygens (including phenoxy) is 2. The highest BCUT2D eigenvalue weighted by Crippen LogP contribution is 2.48. The van der Waals surface area contributed by atoms with Gasteiger partial charge in [-0.2, -0.15) is 0 Å². The summed E-state index contributed by atoms with van der Waals surface area (Å²) in [6, 6.07) is 9.71. The SMILES string of the molecule is CCC1CCCC2(OC(Oc3ccc(C(C(C)C)C(C)C)cc3)C3CCCC4CCCCC43)CC(C1)N2. The summed E-state index contributed by atoms with van der Waals surface area (Å²) in [5.74, 6) is 5.88. The highest BCUT2D eigenvalue weighted by Gasteiger charge is 2.50. The number of hydrogen-bond acceptors (Lipinski definition) is 3. The smallest absolute Gasteiger partial charge is 0.204 e. The Balaban J connectivity index is 1.35. The third-order valence-corrected chi connectivity index (χ3v) is 10.7. The standard InChI is InChI=1S/C34H55NO2/c1-6-25-11-10-20-34(22-28(21-25)35-34)37-33(31-15-9-13-26-12-7-8-14-30(26)31)36-29-18-16-27(17-19-29)32(23(2)3)24(4)5/h16-19,23-26,28,30-33,35H,6-15,20-22H2,1-5H3. The molecule has 7 unspecified atom stereocenters. The highest BCUT2D eigenvalue weighted by atomic mass is 16.7. The third kappa shape index (κ3) is 6.24. The summed E-state index contributed by atoms with van der Waals surface area (Å²) in [5, 5.41) is 3.93. The summed E-state index contributed by atoms with van der Waals surface area (Å²) in [6.45, 7) is 11.7. The van der Waals surface area contributed by atoms with Crippen LogP contribution in [0.25, 0.3) is 0 Å². The van der Waals surface area contributed by atoms with Crippen molar-refractivity contribution in [1.82, 2.24) is 5.32 Å². The van der Waals surface area contributed by atoms with Crippen LogP contribution in [0.1, 0.15) is 130 Å². The van der Waals surface area contributed by atoms with E-state index in [0.717, 1.165) is 36.3 Å². The molecule has 2 aliphatic heterocycles. The van der Waals surface area contributed by atoms with E-state index in [2.05, 4.69) is 64.2 Å². The summed E-state index contributed by atoms with van der Waals surface area (Å²) in [4.78, 5) is 0. The molecule has 7 atom stereocenters. The molecule has 208 valence electrons. The Kier molecular flexibility index (Phi) is 8.91. The van der Waals surface area contributed by atoms with Gasteiger partial charge in [-0.25, -0.2) is 0 Å². The molecule has 2 saturated heterocycles. The first kappa shape index (κ1) is 27.5. The van der Waals surface area contributed by atoms with Crippen molar-refractivity contribution >= 4 is 0 Å². The molecule has 0 radical (unpaired) electrons. The van der Waals surface area contributed by atoms with Gasteiger partial charge in [0.15, 0.2) is 0 Å². The van der Waals surface area contributed by atoms with Gasteiger partial charge in [0, 0.05) is 18.4 Å². The molecule has 2 bridgehead atoms. The average molecular weight is 510 g/mol. The maximum absolute atomic E-state index is 7.16. The van der Waals surface area contributed by atoms with Crippen LogP contribution in [0.5, 0.6) is 5.75 Å². The van der Waals surface area contributed by atoms with Crippen LogP contribution in [0.4, 0.5) is 0 Å². The fourth-order valence-corrected chi connectivity index (χ4v) is 8.96. The lowest BCUT2D eigenvalue weighted by molar-refractivity contribution is -0.260. The summed E-state index contributed by atoms with van der Waals surface area (Å²) in [5.41, 5.74) is 1.27. The van der Waals surface area contributed by atoms with Crippen LogP contribution in [0, 0.1) is 35.5 Å². The monoisotopic (exact) mass is 509 g/mol. The second-order valence-corrected chi connectivity index (χ2v) is 13.9. The van der Waals surface area contributed by atoms with Crippen LogP contribution in [-0.4, -0.2) is 18.1 Å². The maximum atomic E-state index is 7.16. The van der Waals surface area contributed by atoms with Crippen molar-refractivity contribution in [3.8, 4) is 5.75 Å². The van der Waals surface area contributed by atoms with Crippen molar-refractivity contribution in [2.45, 2.75) is 142 Å². The number of nitrogens with one attached hydrogen (secondary N) is 1. The molecule has 3 saturated carbocycles. The zero-order valence-corrected chi connectivity index (χ0v) is 24.5. The molecular weight excluding hydrogens is 454 g/mol. The van der Waals surface area contributed by atoms with Gasteiger partial charge >= 0.3 is 0 Å². The average Bonchev–Trinajstić information content (AvgIpc) is 2.84. The Labute approximate surface area is 227 Å². The van der Waals surface area contributed by atoms with Gasteiger partial charge in [0.1, 0.15) is 11.5 Å². The van der Waals surface area contributed by atoms with Crippen LogP contribution < -0.4 is 10.1 Å². The van der Waals surface area contributed by atoms with Crippen LogP contribution in [-0.2, 0) is 4.74 Å². The van der Waals surface area contributed by atoms with E-state index in [4.69, 9.17) is 9.47 Å². The van der Waals surface area contributed by atoms with E-state index in [1.54, 1.807) is 0 Å². The minimum absolute atomic E-state index is 0.141. The first-order valence-corrected chi connectivity index (χ1v) is 16.1. The van der Waals surface area contributed by atoms with Gasteiger partial charge in [-0.3, -0.25) is 5.32 Å². The Bertz CT molecular complexity index is 826. The molecule has 0 spiro atoms. The van der Waals surface area contributed by atoms with Gasteiger partial charge in [0.05, 0.1) is 0 Å². The highest BCUT2D eigenvalue weighted by molar-refractivity contribution is 5.30. The normalized spacial score (nSPS) is 35.0. The summed E-state index contributed by atoms with van der Waals surface area (Å²) in [7, 11) is 0. The lowest BCUT2D eigenvalue weighted by atomic mass is 9.65. The molecule has 5 aliphatic rings. The van der Waals surface area contributed by atoms with Crippen molar-refractivity contribution in [3.63, 3.8) is 0 Å². The van der Waals surface area contributed by atoms with E-state index in [-0.39, 0.29) is 12.0 Å². The molecule has 1 N–H and O–H groups in total. The maximum Gasteiger partial charge on any atom is 0.204 e. The number of benzene rings is 1. The lowest BCUT2D eigenvalue weighted by Gasteiger charge is -2.54. The summed E-state index contributed by atoms with van der Waals surface area (Å²) in [6.07, 6.45) is 17.0. The Morgan fingerprint density at radius 1 is 0.892 bits per heavy atom. The van der Waals surface area contributed by atoms with E-state index >= 15 is 0 Å². The largest absolute Gasteiger partial charge is 0.465 e. The van der Waals surface area contributed by atoms with E-state index in [9.17, 15) is 0 Å². The molecule has 1 aromatic rings. The molecule has 1 aromatic carbocycles. The van der Waals surface area contributed by atoms with Crippen LogP contribution >= 0.6 is 0 Å². The molecule has 2 heterocycles. The van der Waals surface area contributed by atoms with Crippen molar-refractivity contribution in [1.29, 1.82) is 0 Å². The molecule has 0 amide bonds. The van der Waals surface area contributed by atoms with Crippen LogP contribution in [0.15, 0.2) is 24.3 Å². The van der Waals surface area contributed by atoms with Gasteiger partial charge < -0.3 is 9.47 Å². The van der Waals surface area contributed by atoms with E-state index < -0.39 is 0 Å². The van der Waals surface area contributed by atoms with Crippen LogP contribution in [0.3, 0.4) is 0 Å². The predicted molar refractivity (Wildman–Crippen MR) is 154 cm³/mol. The minimum Gasteiger partial charge on any atom is -0.465 e. The van der Waals surface area contributed by atoms with Gasteiger partial charge in [0.2, 0.25) is 6.29 Å². The zero-order valence-electron chi connectivity index (χ0n) is 24.5. The van der Waals surface area contributed by atoms with Crippen molar-refractivity contribution in [2.75, 3.05) is 0 Å². The van der Waals surface area contributed by atoms with Gasteiger partial charge in [-0.15, -0.1) is 0 Å². The van der Waals surface area contributed by atoms with Crippen molar-refractivity contribution < 1.29 is 9.47 Å². The number of hydrogen-bond donors (Lipinski definition) is 1. The summed E-state index contributed by atoms with van der Waals surface area (Å²) < 4.78 is 14.1. The predicted octanol–water partition coefficient (Wildman–Crippen LogP) is 9.07. The topological polar surface area (TPSA) is 30.5 Å². The Morgan fingerprint density at radius 3 is 2.30 bits per heavy atom. The molecule has 3 nitrogen and oxygen atoms in total. The van der Waals surface area contributed by atoms with Crippen molar-refractivity contribution in [2.24, 2.45) is 35.5 Å². The molecule has 3 aliphatic carbocycles.